The highest BCUT2D eigenvalue weighted by Gasteiger charge is 1.84. The Bertz CT molecular complexity index is 103. The third kappa shape index (κ3) is 5.31. The van der Waals surface area contributed by atoms with Gasteiger partial charge >= 0.3 is 0 Å². The quantitative estimate of drug-likeness (QED) is 0.571. The Kier molecular flexibility index (Phi) is 5.23. The van der Waals surface area contributed by atoms with Gasteiger partial charge in [-0.1, -0.05) is 31.2 Å². The van der Waals surface area contributed by atoms with Crippen molar-refractivity contribution in [3.63, 3.8) is 0 Å². The van der Waals surface area contributed by atoms with Gasteiger partial charge in [0.2, 0.25) is 0 Å². The van der Waals surface area contributed by atoms with Gasteiger partial charge in [0.25, 0.3) is 0 Å². The summed E-state index contributed by atoms with van der Waals surface area (Å²) in [6.45, 7) is 4.21. The van der Waals surface area contributed by atoms with Crippen molar-refractivity contribution in [3.8, 4) is 0 Å². The number of rotatable bonds is 3. The second-order valence-corrected chi connectivity index (χ2v) is 2.00. The van der Waals surface area contributed by atoms with Crippen molar-refractivity contribution in [2.75, 3.05) is 6.61 Å². The maximum absolute atomic E-state index is 8.37. The van der Waals surface area contributed by atoms with Gasteiger partial charge in [-0.25, -0.2) is 0 Å². The molecular formula is C8H14O. The summed E-state index contributed by atoms with van der Waals surface area (Å²) in [5.74, 6) is 0.446. The van der Waals surface area contributed by atoms with Crippen molar-refractivity contribution in [2.24, 2.45) is 5.92 Å². The standard InChI is InChI=1S/C8H14O/c1-3-5-8(2)6-4-7-9/h3-6,8-9H,7H2,1-2H3/b5-3+,6-4+. The van der Waals surface area contributed by atoms with Crippen molar-refractivity contribution in [1.82, 2.24) is 0 Å². The van der Waals surface area contributed by atoms with Crippen LogP contribution in [0.15, 0.2) is 24.3 Å². The lowest BCUT2D eigenvalue weighted by Crippen LogP contribution is -1.82. The fraction of sp³-hybridized carbons (Fsp3) is 0.500. The maximum atomic E-state index is 8.37. The molecule has 0 saturated heterocycles. The highest BCUT2D eigenvalue weighted by Crippen LogP contribution is 1.97. The Hall–Kier alpha value is -0.560. The molecule has 1 unspecified atom stereocenters. The second-order valence-electron chi connectivity index (χ2n) is 2.00. The molecule has 0 amide bonds. The molecule has 0 aliphatic rings. The summed E-state index contributed by atoms with van der Waals surface area (Å²) in [5.41, 5.74) is 0. The zero-order valence-electron chi connectivity index (χ0n) is 6.04. The fourth-order valence-electron chi connectivity index (χ4n) is 0.643. The molecule has 0 fully saturated rings. The topological polar surface area (TPSA) is 20.2 Å². The van der Waals surface area contributed by atoms with Crippen LogP contribution in [0.25, 0.3) is 0 Å². The van der Waals surface area contributed by atoms with E-state index in [9.17, 15) is 0 Å². The summed E-state index contributed by atoms with van der Waals surface area (Å²) in [5, 5.41) is 8.37. The molecule has 1 nitrogen and oxygen atoms in total. The van der Waals surface area contributed by atoms with Gasteiger partial charge in [0.05, 0.1) is 6.61 Å². The summed E-state index contributed by atoms with van der Waals surface area (Å²) < 4.78 is 0. The van der Waals surface area contributed by atoms with Crippen LogP contribution in [0.3, 0.4) is 0 Å². The first-order chi connectivity index (χ1) is 4.31. The van der Waals surface area contributed by atoms with E-state index >= 15 is 0 Å². The van der Waals surface area contributed by atoms with Crippen molar-refractivity contribution < 1.29 is 5.11 Å². The van der Waals surface area contributed by atoms with E-state index in [0.29, 0.717) is 5.92 Å². The molecule has 0 aliphatic carbocycles. The number of aliphatic hydroxyl groups excluding tert-OH is 1. The molecule has 1 atom stereocenters. The van der Waals surface area contributed by atoms with E-state index < -0.39 is 0 Å². The van der Waals surface area contributed by atoms with Crippen LogP contribution in [-0.4, -0.2) is 11.7 Å². The third-order valence-corrected chi connectivity index (χ3v) is 1.04. The van der Waals surface area contributed by atoms with Crippen molar-refractivity contribution in [1.29, 1.82) is 0 Å². The highest BCUT2D eigenvalue weighted by atomic mass is 16.2. The molecule has 0 aromatic carbocycles. The molecule has 0 rings (SSSR count). The van der Waals surface area contributed by atoms with E-state index in [1.807, 2.05) is 19.1 Å². The predicted octanol–water partition coefficient (Wildman–Crippen LogP) is 1.75. The van der Waals surface area contributed by atoms with E-state index in [-0.39, 0.29) is 6.61 Å². The summed E-state index contributed by atoms with van der Waals surface area (Å²) in [6, 6.07) is 0. The molecule has 1 N–H and O–H groups in total. The summed E-state index contributed by atoms with van der Waals surface area (Å²) in [7, 11) is 0. The van der Waals surface area contributed by atoms with E-state index in [1.54, 1.807) is 6.08 Å². The largest absolute Gasteiger partial charge is 0.392 e. The van der Waals surface area contributed by atoms with Gasteiger partial charge in [0.1, 0.15) is 0 Å². The van der Waals surface area contributed by atoms with Crippen LogP contribution in [0.2, 0.25) is 0 Å². The highest BCUT2D eigenvalue weighted by molar-refractivity contribution is 4.97. The van der Waals surface area contributed by atoms with Gasteiger partial charge in [0.15, 0.2) is 0 Å². The SMILES string of the molecule is C/C=C/C(C)/C=C/CO. The van der Waals surface area contributed by atoms with Crippen LogP contribution >= 0.6 is 0 Å². The number of aliphatic hydroxyl groups is 1. The average Bonchev–Trinajstić information content (AvgIpc) is 1.85. The van der Waals surface area contributed by atoms with Crippen LogP contribution in [-0.2, 0) is 0 Å². The smallest absolute Gasteiger partial charge is 0.0612 e. The molecule has 0 saturated carbocycles. The molecule has 0 spiro atoms. The molecule has 0 heterocycles. The lowest BCUT2D eigenvalue weighted by molar-refractivity contribution is 0.342. The molecule has 0 bridgehead atoms. The van der Waals surface area contributed by atoms with Crippen LogP contribution in [0.1, 0.15) is 13.8 Å². The van der Waals surface area contributed by atoms with E-state index in [1.165, 1.54) is 0 Å². The van der Waals surface area contributed by atoms with E-state index in [0.717, 1.165) is 0 Å². The normalized spacial score (nSPS) is 15.4. The fourth-order valence-corrected chi connectivity index (χ4v) is 0.643. The first-order valence-electron chi connectivity index (χ1n) is 3.21. The minimum atomic E-state index is 0.141. The van der Waals surface area contributed by atoms with Crippen molar-refractivity contribution in [3.05, 3.63) is 24.3 Å². The predicted molar refractivity (Wildman–Crippen MR) is 40.2 cm³/mol. The monoisotopic (exact) mass is 126 g/mol. The first kappa shape index (κ1) is 8.44. The molecule has 0 aromatic heterocycles. The Morgan fingerprint density at radius 3 is 2.56 bits per heavy atom. The number of hydrogen-bond acceptors (Lipinski definition) is 1. The van der Waals surface area contributed by atoms with Crippen molar-refractivity contribution >= 4 is 0 Å². The molecule has 52 valence electrons. The lowest BCUT2D eigenvalue weighted by atomic mass is 10.1. The van der Waals surface area contributed by atoms with Gasteiger partial charge in [0, 0.05) is 0 Å². The molecular weight excluding hydrogens is 112 g/mol. The van der Waals surface area contributed by atoms with Gasteiger partial charge in [-0.2, -0.15) is 0 Å². The summed E-state index contributed by atoms with van der Waals surface area (Å²) in [6.07, 6.45) is 7.81. The van der Waals surface area contributed by atoms with Crippen LogP contribution < -0.4 is 0 Å². The second kappa shape index (κ2) is 5.57. The minimum absolute atomic E-state index is 0.141. The number of hydrogen-bond donors (Lipinski definition) is 1. The molecule has 0 aliphatic heterocycles. The first-order valence-corrected chi connectivity index (χ1v) is 3.21. The summed E-state index contributed by atoms with van der Waals surface area (Å²) >= 11 is 0. The minimum Gasteiger partial charge on any atom is -0.392 e. The Morgan fingerprint density at radius 2 is 2.11 bits per heavy atom. The van der Waals surface area contributed by atoms with Crippen LogP contribution in [0.5, 0.6) is 0 Å². The molecule has 9 heavy (non-hydrogen) atoms. The Morgan fingerprint density at radius 1 is 1.44 bits per heavy atom. The average molecular weight is 126 g/mol. The molecule has 0 radical (unpaired) electrons. The zero-order valence-corrected chi connectivity index (χ0v) is 6.04. The summed E-state index contributed by atoms with van der Waals surface area (Å²) in [4.78, 5) is 0. The maximum Gasteiger partial charge on any atom is 0.0612 e. The lowest BCUT2D eigenvalue weighted by Gasteiger charge is -1.93. The van der Waals surface area contributed by atoms with Crippen molar-refractivity contribution in [2.45, 2.75) is 13.8 Å². The molecule has 1 heteroatoms. The van der Waals surface area contributed by atoms with Gasteiger partial charge in [-0.05, 0) is 12.8 Å². The molecule has 0 aromatic rings. The van der Waals surface area contributed by atoms with Crippen LogP contribution in [0.4, 0.5) is 0 Å². The number of allylic oxidation sites excluding steroid dienone is 3. The van der Waals surface area contributed by atoms with E-state index in [2.05, 4.69) is 13.0 Å². The third-order valence-electron chi connectivity index (χ3n) is 1.04. The van der Waals surface area contributed by atoms with Gasteiger partial charge < -0.3 is 5.11 Å². The van der Waals surface area contributed by atoms with Crippen LogP contribution in [0, 0.1) is 5.92 Å². The van der Waals surface area contributed by atoms with E-state index in [4.69, 9.17) is 5.11 Å². The van der Waals surface area contributed by atoms with Gasteiger partial charge in [-0.15, -0.1) is 0 Å². The Balaban J connectivity index is 3.48. The Labute approximate surface area is 56.7 Å². The zero-order chi connectivity index (χ0) is 7.11. The van der Waals surface area contributed by atoms with Gasteiger partial charge in [-0.3, -0.25) is 0 Å².